The summed E-state index contributed by atoms with van der Waals surface area (Å²) in [5, 5.41) is 4.16. The summed E-state index contributed by atoms with van der Waals surface area (Å²) in [6.07, 6.45) is 1.12. The maximum atomic E-state index is 6.45. The van der Waals surface area contributed by atoms with Gasteiger partial charge in [0.25, 0.3) is 0 Å². The molecule has 0 heterocycles. The van der Waals surface area contributed by atoms with Crippen LogP contribution in [0.2, 0.25) is 5.02 Å². The Hall–Kier alpha value is -0.770. The second-order valence-corrected chi connectivity index (χ2v) is 5.41. The Morgan fingerprint density at radius 2 is 2.10 bits per heavy atom. The minimum atomic E-state index is 0.503. The molecule has 0 aliphatic carbocycles. The molecule has 1 N–H and O–H groups in total. The largest absolute Gasteiger partial charge is 0.383 e. The molecule has 0 amide bonds. The van der Waals surface area contributed by atoms with Gasteiger partial charge < -0.3 is 15.0 Å². The molecule has 1 rings (SSSR count). The first-order chi connectivity index (χ1) is 9.63. The van der Waals surface area contributed by atoms with Crippen molar-refractivity contribution in [2.24, 2.45) is 0 Å². The quantitative estimate of drug-likeness (QED) is 0.704. The van der Waals surface area contributed by atoms with Crippen molar-refractivity contribution in [1.82, 2.24) is 5.32 Å². The van der Waals surface area contributed by atoms with Crippen LogP contribution in [-0.4, -0.2) is 32.8 Å². The summed E-state index contributed by atoms with van der Waals surface area (Å²) in [7, 11) is 1.71. The fourth-order valence-electron chi connectivity index (χ4n) is 2.24. The second-order valence-electron chi connectivity index (χ2n) is 5.00. The highest BCUT2D eigenvalue weighted by atomic mass is 35.5. The van der Waals surface area contributed by atoms with E-state index in [9.17, 15) is 0 Å². The molecule has 0 bridgehead atoms. The molecule has 114 valence electrons. The van der Waals surface area contributed by atoms with E-state index in [-0.39, 0.29) is 0 Å². The monoisotopic (exact) mass is 298 g/mol. The molecule has 1 aromatic rings. The van der Waals surface area contributed by atoms with Crippen molar-refractivity contribution in [3.8, 4) is 0 Å². The van der Waals surface area contributed by atoms with E-state index in [1.165, 1.54) is 5.56 Å². The van der Waals surface area contributed by atoms with Crippen LogP contribution in [-0.2, 0) is 11.3 Å². The predicted molar refractivity (Wildman–Crippen MR) is 87.8 cm³/mol. The molecule has 0 saturated heterocycles. The van der Waals surface area contributed by atoms with Gasteiger partial charge in [-0.05, 0) is 38.0 Å². The number of hydrogen-bond acceptors (Lipinski definition) is 3. The van der Waals surface area contributed by atoms with Gasteiger partial charge in [-0.1, -0.05) is 24.6 Å². The minimum absolute atomic E-state index is 0.503. The average molecular weight is 299 g/mol. The van der Waals surface area contributed by atoms with Crippen molar-refractivity contribution in [3.63, 3.8) is 0 Å². The number of halogens is 1. The molecule has 0 aliphatic rings. The third kappa shape index (κ3) is 4.97. The summed E-state index contributed by atoms with van der Waals surface area (Å²) in [5.41, 5.74) is 2.33. The summed E-state index contributed by atoms with van der Waals surface area (Å²) in [6.45, 7) is 9.98. The van der Waals surface area contributed by atoms with Crippen LogP contribution in [0.5, 0.6) is 0 Å². The predicted octanol–water partition coefficient (Wildman–Crippen LogP) is 3.70. The van der Waals surface area contributed by atoms with E-state index in [0.29, 0.717) is 6.04 Å². The van der Waals surface area contributed by atoms with Gasteiger partial charge in [-0.3, -0.25) is 0 Å². The van der Waals surface area contributed by atoms with Crippen molar-refractivity contribution in [2.45, 2.75) is 39.8 Å². The minimum Gasteiger partial charge on any atom is -0.383 e. The molecule has 0 aliphatic heterocycles. The molecule has 0 aromatic heterocycles. The molecule has 1 atom stereocenters. The van der Waals surface area contributed by atoms with E-state index in [4.69, 9.17) is 16.3 Å². The fraction of sp³-hybridized carbons (Fsp3) is 0.625. The molecule has 1 unspecified atom stereocenters. The van der Waals surface area contributed by atoms with Crippen molar-refractivity contribution >= 4 is 17.3 Å². The van der Waals surface area contributed by atoms with Crippen molar-refractivity contribution < 1.29 is 4.74 Å². The highest BCUT2D eigenvalue weighted by Crippen LogP contribution is 2.28. The van der Waals surface area contributed by atoms with Crippen molar-refractivity contribution in [2.75, 3.05) is 31.7 Å². The Morgan fingerprint density at radius 3 is 2.65 bits per heavy atom. The zero-order chi connectivity index (χ0) is 15.0. The van der Waals surface area contributed by atoms with E-state index < -0.39 is 0 Å². The lowest BCUT2D eigenvalue weighted by atomic mass is 10.1. The lowest BCUT2D eigenvalue weighted by Crippen LogP contribution is -2.32. The van der Waals surface area contributed by atoms with Crippen LogP contribution in [0, 0.1) is 0 Å². The van der Waals surface area contributed by atoms with Gasteiger partial charge in [0, 0.05) is 32.8 Å². The SMILES string of the molecule is CCC(C)N(CC)c1ccc(CNCCOC)cc1Cl. The Bertz CT molecular complexity index is 398. The van der Waals surface area contributed by atoms with E-state index in [1.807, 2.05) is 0 Å². The molecule has 0 fully saturated rings. The average Bonchev–Trinajstić information content (AvgIpc) is 2.46. The fourth-order valence-corrected chi connectivity index (χ4v) is 2.55. The first-order valence-electron chi connectivity index (χ1n) is 7.38. The standard InChI is InChI=1S/C16H27ClN2O/c1-5-13(3)19(6-2)16-8-7-14(11-15(16)17)12-18-9-10-20-4/h7-8,11,13,18H,5-6,9-10,12H2,1-4H3. The van der Waals surface area contributed by atoms with Gasteiger partial charge in [0.1, 0.15) is 0 Å². The lowest BCUT2D eigenvalue weighted by Gasteiger charge is -2.30. The first-order valence-corrected chi connectivity index (χ1v) is 7.76. The van der Waals surface area contributed by atoms with Gasteiger partial charge in [0.2, 0.25) is 0 Å². The normalized spacial score (nSPS) is 12.4. The van der Waals surface area contributed by atoms with Crippen molar-refractivity contribution in [1.29, 1.82) is 0 Å². The topological polar surface area (TPSA) is 24.5 Å². The Balaban J connectivity index is 2.71. The lowest BCUT2D eigenvalue weighted by molar-refractivity contribution is 0.199. The van der Waals surface area contributed by atoms with Gasteiger partial charge in [0.05, 0.1) is 17.3 Å². The van der Waals surface area contributed by atoms with Crippen LogP contribution in [0.3, 0.4) is 0 Å². The molecular weight excluding hydrogens is 272 g/mol. The number of benzene rings is 1. The smallest absolute Gasteiger partial charge is 0.0642 e. The zero-order valence-corrected chi connectivity index (χ0v) is 13.8. The van der Waals surface area contributed by atoms with Crippen LogP contribution >= 0.6 is 11.6 Å². The molecule has 0 spiro atoms. The van der Waals surface area contributed by atoms with Gasteiger partial charge in [-0.15, -0.1) is 0 Å². The summed E-state index contributed by atoms with van der Waals surface area (Å²) in [6, 6.07) is 6.84. The molecule has 4 heteroatoms. The molecule has 3 nitrogen and oxygen atoms in total. The van der Waals surface area contributed by atoms with Crippen LogP contribution < -0.4 is 10.2 Å². The summed E-state index contributed by atoms with van der Waals surface area (Å²) in [5.74, 6) is 0. The summed E-state index contributed by atoms with van der Waals surface area (Å²) < 4.78 is 5.01. The summed E-state index contributed by atoms with van der Waals surface area (Å²) >= 11 is 6.45. The van der Waals surface area contributed by atoms with Crippen LogP contribution in [0.25, 0.3) is 0 Å². The van der Waals surface area contributed by atoms with Gasteiger partial charge in [0.15, 0.2) is 0 Å². The second kappa shape index (κ2) is 9.22. The van der Waals surface area contributed by atoms with Gasteiger partial charge in [-0.2, -0.15) is 0 Å². The number of rotatable bonds is 9. The van der Waals surface area contributed by atoms with E-state index in [0.717, 1.165) is 43.4 Å². The number of methoxy groups -OCH3 is 1. The van der Waals surface area contributed by atoms with Gasteiger partial charge >= 0.3 is 0 Å². The number of ether oxygens (including phenoxy) is 1. The maximum absolute atomic E-state index is 6.45. The summed E-state index contributed by atoms with van der Waals surface area (Å²) in [4.78, 5) is 2.35. The van der Waals surface area contributed by atoms with Crippen LogP contribution in [0.4, 0.5) is 5.69 Å². The highest BCUT2D eigenvalue weighted by Gasteiger charge is 2.14. The number of anilines is 1. The Morgan fingerprint density at radius 1 is 1.35 bits per heavy atom. The number of nitrogens with one attached hydrogen (secondary N) is 1. The van der Waals surface area contributed by atoms with Crippen LogP contribution in [0.15, 0.2) is 18.2 Å². The Labute approximate surface area is 128 Å². The zero-order valence-electron chi connectivity index (χ0n) is 13.1. The highest BCUT2D eigenvalue weighted by molar-refractivity contribution is 6.33. The van der Waals surface area contributed by atoms with Gasteiger partial charge in [-0.25, -0.2) is 0 Å². The number of nitrogens with zero attached hydrogens (tertiary/aromatic N) is 1. The molecule has 0 radical (unpaired) electrons. The molecule has 0 saturated carbocycles. The van der Waals surface area contributed by atoms with E-state index in [1.54, 1.807) is 7.11 Å². The van der Waals surface area contributed by atoms with Crippen LogP contribution in [0.1, 0.15) is 32.8 Å². The van der Waals surface area contributed by atoms with E-state index in [2.05, 4.69) is 49.2 Å². The molecule has 1 aromatic carbocycles. The number of hydrogen-bond donors (Lipinski definition) is 1. The van der Waals surface area contributed by atoms with Crippen molar-refractivity contribution in [3.05, 3.63) is 28.8 Å². The third-order valence-electron chi connectivity index (χ3n) is 3.60. The van der Waals surface area contributed by atoms with E-state index >= 15 is 0 Å². The third-order valence-corrected chi connectivity index (χ3v) is 3.90. The Kier molecular flexibility index (Phi) is 7.97. The molecule has 20 heavy (non-hydrogen) atoms. The first kappa shape index (κ1) is 17.3. The molecular formula is C16H27ClN2O. The maximum Gasteiger partial charge on any atom is 0.0642 e.